The average molecular weight is 298 g/mol. The van der Waals surface area contributed by atoms with Gasteiger partial charge in [0.25, 0.3) is 0 Å². The third-order valence-corrected chi connectivity index (χ3v) is 3.33. The molecule has 1 aromatic carbocycles. The summed E-state index contributed by atoms with van der Waals surface area (Å²) in [6.45, 7) is 4.96. The zero-order valence-electron chi connectivity index (χ0n) is 10.2. The van der Waals surface area contributed by atoms with Crippen LogP contribution in [0.4, 0.5) is 0 Å². The first-order chi connectivity index (χ1) is 8.11. The fourth-order valence-corrected chi connectivity index (χ4v) is 2.09. The normalized spacial score (nSPS) is 19.1. The number of aliphatic imine (C=N–C) groups is 1. The monoisotopic (exact) mass is 297 g/mol. The number of methoxy groups -OCH3 is 1. The Morgan fingerprint density at radius 1 is 1.47 bits per heavy atom. The zero-order chi connectivity index (χ0) is 12.4. The molecule has 0 aliphatic carbocycles. The summed E-state index contributed by atoms with van der Waals surface area (Å²) in [5.74, 6) is 1.96. The van der Waals surface area contributed by atoms with Crippen LogP contribution in [0.2, 0.25) is 0 Å². The maximum atomic E-state index is 5.66. The molecule has 0 saturated carbocycles. The first kappa shape index (κ1) is 12.4. The van der Waals surface area contributed by atoms with E-state index in [1.807, 2.05) is 18.2 Å². The van der Waals surface area contributed by atoms with E-state index in [-0.39, 0.29) is 6.04 Å². The Bertz CT molecular complexity index is 443. The van der Waals surface area contributed by atoms with Crippen molar-refractivity contribution in [2.24, 2.45) is 10.9 Å². The predicted molar refractivity (Wildman–Crippen MR) is 71.8 cm³/mol. The van der Waals surface area contributed by atoms with Crippen molar-refractivity contribution in [3.05, 3.63) is 28.2 Å². The number of nitrogens with zero attached hydrogens (tertiary/aromatic N) is 1. The van der Waals surface area contributed by atoms with Gasteiger partial charge in [-0.15, -0.1) is 0 Å². The molecule has 3 nitrogen and oxygen atoms in total. The minimum Gasteiger partial charge on any atom is -0.496 e. The molecule has 0 bridgehead atoms. The summed E-state index contributed by atoms with van der Waals surface area (Å²) in [5.41, 5.74) is 0.907. The topological polar surface area (TPSA) is 30.8 Å². The van der Waals surface area contributed by atoms with Crippen molar-refractivity contribution >= 4 is 21.8 Å². The third kappa shape index (κ3) is 2.63. The van der Waals surface area contributed by atoms with Gasteiger partial charge in [0, 0.05) is 4.47 Å². The highest BCUT2D eigenvalue weighted by molar-refractivity contribution is 9.10. The van der Waals surface area contributed by atoms with Gasteiger partial charge in [-0.25, -0.2) is 4.99 Å². The molecule has 1 atom stereocenters. The van der Waals surface area contributed by atoms with E-state index in [0.29, 0.717) is 18.4 Å². The van der Waals surface area contributed by atoms with Crippen LogP contribution < -0.4 is 4.74 Å². The van der Waals surface area contributed by atoms with Crippen molar-refractivity contribution in [3.63, 3.8) is 0 Å². The van der Waals surface area contributed by atoms with Crippen molar-refractivity contribution in [3.8, 4) is 5.75 Å². The number of halogens is 1. The number of benzene rings is 1. The van der Waals surface area contributed by atoms with Gasteiger partial charge in [-0.05, 0) is 24.1 Å². The van der Waals surface area contributed by atoms with Gasteiger partial charge in [-0.2, -0.15) is 0 Å². The van der Waals surface area contributed by atoms with Gasteiger partial charge < -0.3 is 9.47 Å². The van der Waals surface area contributed by atoms with Crippen LogP contribution in [-0.4, -0.2) is 25.7 Å². The maximum Gasteiger partial charge on any atom is 0.220 e. The molecule has 0 saturated heterocycles. The summed E-state index contributed by atoms with van der Waals surface area (Å²) in [5, 5.41) is 0. The number of ether oxygens (including phenoxy) is 2. The van der Waals surface area contributed by atoms with Crippen LogP contribution in [0.25, 0.3) is 0 Å². The molecule has 0 unspecified atom stereocenters. The van der Waals surface area contributed by atoms with Crippen LogP contribution in [-0.2, 0) is 4.74 Å². The van der Waals surface area contributed by atoms with E-state index in [0.717, 1.165) is 15.8 Å². The van der Waals surface area contributed by atoms with Crippen molar-refractivity contribution in [1.29, 1.82) is 0 Å². The summed E-state index contributed by atoms with van der Waals surface area (Å²) in [4.78, 5) is 4.60. The lowest BCUT2D eigenvalue weighted by atomic mass is 10.1. The van der Waals surface area contributed by atoms with Gasteiger partial charge in [0.1, 0.15) is 12.4 Å². The van der Waals surface area contributed by atoms with Crippen molar-refractivity contribution < 1.29 is 9.47 Å². The predicted octanol–water partition coefficient (Wildman–Crippen LogP) is 3.26. The van der Waals surface area contributed by atoms with E-state index in [4.69, 9.17) is 9.47 Å². The first-order valence-corrected chi connectivity index (χ1v) is 6.45. The van der Waals surface area contributed by atoms with Gasteiger partial charge in [0.2, 0.25) is 5.90 Å². The lowest BCUT2D eigenvalue weighted by molar-refractivity contribution is 0.291. The molecule has 1 aromatic rings. The molecule has 1 aliphatic rings. The highest BCUT2D eigenvalue weighted by Gasteiger charge is 2.24. The molecule has 2 rings (SSSR count). The second-order valence-electron chi connectivity index (χ2n) is 4.40. The Morgan fingerprint density at radius 2 is 2.24 bits per heavy atom. The molecule has 0 spiro atoms. The molecular weight excluding hydrogens is 282 g/mol. The van der Waals surface area contributed by atoms with E-state index in [1.165, 1.54) is 0 Å². The Hall–Kier alpha value is -1.03. The highest BCUT2D eigenvalue weighted by Crippen LogP contribution is 2.27. The molecule has 0 N–H and O–H groups in total. The van der Waals surface area contributed by atoms with Crippen molar-refractivity contribution in [1.82, 2.24) is 0 Å². The summed E-state index contributed by atoms with van der Waals surface area (Å²) >= 11 is 3.45. The first-order valence-electron chi connectivity index (χ1n) is 5.66. The van der Waals surface area contributed by atoms with Gasteiger partial charge in [0.05, 0.1) is 18.7 Å². The average Bonchev–Trinajstić information content (AvgIpc) is 2.78. The van der Waals surface area contributed by atoms with Crippen molar-refractivity contribution in [2.45, 2.75) is 19.9 Å². The van der Waals surface area contributed by atoms with Gasteiger partial charge in [-0.3, -0.25) is 0 Å². The Kier molecular flexibility index (Phi) is 3.72. The van der Waals surface area contributed by atoms with E-state index < -0.39 is 0 Å². The minimum absolute atomic E-state index is 0.244. The fourth-order valence-electron chi connectivity index (χ4n) is 1.73. The van der Waals surface area contributed by atoms with E-state index in [2.05, 4.69) is 34.8 Å². The van der Waals surface area contributed by atoms with Crippen LogP contribution in [0.15, 0.2) is 27.7 Å². The largest absolute Gasteiger partial charge is 0.496 e. The maximum absolute atomic E-state index is 5.66. The summed E-state index contributed by atoms with van der Waals surface area (Å²) in [7, 11) is 1.65. The van der Waals surface area contributed by atoms with E-state index in [9.17, 15) is 0 Å². The van der Waals surface area contributed by atoms with Gasteiger partial charge in [0.15, 0.2) is 0 Å². The smallest absolute Gasteiger partial charge is 0.220 e. The van der Waals surface area contributed by atoms with Gasteiger partial charge in [-0.1, -0.05) is 29.8 Å². The van der Waals surface area contributed by atoms with Crippen molar-refractivity contribution in [2.75, 3.05) is 13.7 Å². The van der Waals surface area contributed by atoms with Crippen LogP contribution in [0.5, 0.6) is 5.75 Å². The number of hydrogen-bond donors (Lipinski definition) is 0. The molecule has 92 valence electrons. The molecule has 0 fully saturated rings. The molecule has 1 heterocycles. The lowest BCUT2D eigenvalue weighted by Crippen LogP contribution is -2.13. The summed E-state index contributed by atoms with van der Waals surface area (Å²) < 4.78 is 12.0. The second kappa shape index (κ2) is 5.08. The zero-order valence-corrected chi connectivity index (χ0v) is 11.8. The quantitative estimate of drug-likeness (QED) is 0.857. The van der Waals surface area contributed by atoms with Crippen LogP contribution in [0.3, 0.4) is 0 Å². The molecule has 0 amide bonds. The Balaban J connectivity index is 2.34. The van der Waals surface area contributed by atoms with E-state index >= 15 is 0 Å². The number of hydrogen-bond acceptors (Lipinski definition) is 3. The Morgan fingerprint density at radius 3 is 2.82 bits per heavy atom. The summed E-state index contributed by atoms with van der Waals surface area (Å²) in [6.07, 6.45) is 0. The molecular formula is C13H16BrNO2. The lowest BCUT2D eigenvalue weighted by Gasteiger charge is -2.08. The fraction of sp³-hybridized carbons (Fsp3) is 0.462. The van der Waals surface area contributed by atoms with E-state index in [1.54, 1.807) is 7.11 Å². The second-order valence-corrected chi connectivity index (χ2v) is 5.32. The highest BCUT2D eigenvalue weighted by atomic mass is 79.9. The van der Waals surface area contributed by atoms with Crippen LogP contribution in [0, 0.1) is 5.92 Å². The van der Waals surface area contributed by atoms with Crippen LogP contribution in [0.1, 0.15) is 19.4 Å². The van der Waals surface area contributed by atoms with Crippen LogP contribution >= 0.6 is 15.9 Å². The molecule has 0 aromatic heterocycles. The van der Waals surface area contributed by atoms with Gasteiger partial charge >= 0.3 is 0 Å². The standard InChI is InChI=1S/C13H16BrNO2/c1-8(2)11-7-17-13(15-11)10-6-9(14)4-5-12(10)16-3/h4-6,8,11H,7H2,1-3H3/t11-/m1/s1. The molecule has 4 heteroatoms. The SMILES string of the molecule is COc1ccc(Br)cc1C1=N[C@@H](C(C)C)CO1. The Labute approximate surface area is 110 Å². The minimum atomic E-state index is 0.244. The summed E-state index contributed by atoms with van der Waals surface area (Å²) in [6, 6.07) is 6.07. The third-order valence-electron chi connectivity index (χ3n) is 2.84. The molecule has 17 heavy (non-hydrogen) atoms. The molecule has 1 aliphatic heterocycles. The number of rotatable bonds is 3. The molecule has 0 radical (unpaired) electrons.